The molecule has 4 nitrogen and oxygen atoms in total. The molecule has 0 aromatic carbocycles. The summed E-state index contributed by atoms with van der Waals surface area (Å²) in [7, 11) is 0. The first-order valence-electron chi connectivity index (χ1n) is 4.30. The molecule has 2 rings (SSSR count). The van der Waals surface area contributed by atoms with Crippen LogP contribution in [0.2, 0.25) is 0 Å². The predicted octanol–water partition coefficient (Wildman–Crippen LogP) is 1.47. The maximum atomic E-state index is 4.03. The van der Waals surface area contributed by atoms with Crippen LogP contribution in [0.3, 0.4) is 0 Å². The van der Waals surface area contributed by atoms with Crippen molar-refractivity contribution in [2.24, 2.45) is 0 Å². The number of thioether (sulfide) groups is 1. The smallest absolute Gasteiger partial charge is 0.137 e. The molecule has 72 valence electrons. The van der Waals surface area contributed by atoms with Crippen molar-refractivity contribution in [2.75, 3.05) is 5.75 Å². The molecule has 0 saturated heterocycles. The van der Waals surface area contributed by atoms with Crippen molar-refractivity contribution in [3.63, 3.8) is 0 Å². The molecule has 14 heavy (non-hydrogen) atoms. The first-order chi connectivity index (χ1) is 6.95. The van der Waals surface area contributed by atoms with Crippen LogP contribution in [0.5, 0.6) is 0 Å². The molecule has 0 N–H and O–H groups in total. The predicted molar refractivity (Wildman–Crippen MR) is 55.0 cm³/mol. The molecule has 0 aliphatic carbocycles. The van der Waals surface area contributed by atoms with Gasteiger partial charge in [0.1, 0.15) is 12.7 Å². The van der Waals surface area contributed by atoms with Gasteiger partial charge in [0, 0.05) is 23.0 Å². The van der Waals surface area contributed by atoms with E-state index in [9.17, 15) is 0 Å². The average molecular weight is 206 g/mol. The minimum atomic E-state index is 0.882. The molecule has 2 heterocycles. The lowest BCUT2D eigenvalue weighted by Crippen LogP contribution is -2.00. The molecule has 0 fully saturated rings. The van der Waals surface area contributed by atoms with E-state index < -0.39 is 0 Å². The van der Waals surface area contributed by atoms with Crippen molar-refractivity contribution in [1.82, 2.24) is 19.7 Å². The molecule has 0 atom stereocenters. The number of aryl methyl sites for hydroxylation is 1. The molecule has 0 aliphatic heterocycles. The summed E-state index contributed by atoms with van der Waals surface area (Å²) in [4.78, 5) is 9.08. The summed E-state index contributed by atoms with van der Waals surface area (Å²) in [6.07, 6.45) is 6.89. The first kappa shape index (κ1) is 9.21. The van der Waals surface area contributed by atoms with Gasteiger partial charge in [0.25, 0.3) is 0 Å². The van der Waals surface area contributed by atoms with Gasteiger partial charge in [0.2, 0.25) is 0 Å². The quantitative estimate of drug-likeness (QED) is 0.710. The molecule has 0 unspecified atom stereocenters. The topological polar surface area (TPSA) is 43.6 Å². The average Bonchev–Trinajstić information content (AvgIpc) is 2.72. The van der Waals surface area contributed by atoms with Crippen molar-refractivity contribution in [3.8, 4) is 0 Å². The Morgan fingerprint density at radius 3 is 2.79 bits per heavy atom. The number of rotatable bonds is 4. The van der Waals surface area contributed by atoms with E-state index in [1.54, 1.807) is 36.8 Å². The maximum Gasteiger partial charge on any atom is 0.137 e. The van der Waals surface area contributed by atoms with Gasteiger partial charge in [-0.1, -0.05) is 0 Å². The third-order valence-electron chi connectivity index (χ3n) is 1.71. The van der Waals surface area contributed by atoms with E-state index >= 15 is 0 Å². The lowest BCUT2D eigenvalue weighted by molar-refractivity contribution is 0.664. The van der Waals surface area contributed by atoms with E-state index in [2.05, 4.69) is 15.1 Å². The zero-order valence-electron chi connectivity index (χ0n) is 7.58. The van der Waals surface area contributed by atoms with Gasteiger partial charge in [0.15, 0.2) is 0 Å². The van der Waals surface area contributed by atoms with Crippen LogP contribution in [-0.4, -0.2) is 25.5 Å². The third-order valence-corrected chi connectivity index (χ3v) is 2.70. The Bertz CT molecular complexity index is 360. The summed E-state index contributed by atoms with van der Waals surface area (Å²) in [5.74, 6) is 0.993. The number of pyridine rings is 1. The Balaban J connectivity index is 1.79. The van der Waals surface area contributed by atoms with Gasteiger partial charge in [-0.15, -0.1) is 11.8 Å². The lowest BCUT2D eigenvalue weighted by Gasteiger charge is -2.00. The molecule has 0 spiro atoms. The number of aromatic nitrogens is 4. The lowest BCUT2D eigenvalue weighted by atomic mass is 10.5. The molecule has 5 heteroatoms. The Kier molecular flexibility index (Phi) is 3.13. The van der Waals surface area contributed by atoms with Gasteiger partial charge in [-0.25, -0.2) is 4.98 Å². The van der Waals surface area contributed by atoms with Crippen LogP contribution in [-0.2, 0) is 6.54 Å². The van der Waals surface area contributed by atoms with Crippen LogP contribution in [0, 0.1) is 0 Å². The monoisotopic (exact) mass is 206 g/mol. The van der Waals surface area contributed by atoms with Crippen LogP contribution in [0.15, 0.2) is 42.1 Å². The zero-order chi connectivity index (χ0) is 9.64. The summed E-state index contributed by atoms with van der Waals surface area (Å²) in [5, 5.41) is 4.03. The molecule has 0 saturated carbocycles. The molecular formula is C9H10N4S. The standard InChI is InChI=1S/C9H10N4S/c1-3-10-4-2-9(1)14-6-5-13-8-11-7-12-13/h1-4,7-8H,5-6H2. The largest absolute Gasteiger partial charge is 0.265 e. The second-order valence-electron chi connectivity index (χ2n) is 2.69. The van der Waals surface area contributed by atoms with Crippen molar-refractivity contribution in [1.29, 1.82) is 0 Å². The summed E-state index contributed by atoms with van der Waals surface area (Å²) < 4.78 is 1.83. The zero-order valence-corrected chi connectivity index (χ0v) is 8.39. The minimum absolute atomic E-state index is 0.882. The van der Waals surface area contributed by atoms with Gasteiger partial charge in [0.05, 0.1) is 6.54 Å². The molecule has 0 bridgehead atoms. The fourth-order valence-electron chi connectivity index (χ4n) is 1.04. The second-order valence-corrected chi connectivity index (χ2v) is 3.86. The molecule has 0 radical (unpaired) electrons. The fourth-order valence-corrected chi connectivity index (χ4v) is 1.87. The minimum Gasteiger partial charge on any atom is -0.265 e. The molecule has 0 amide bonds. The van der Waals surface area contributed by atoms with Crippen molar-refractivity contribution >= 4 is 11.8 Å². The van der Waals surface area contributed by atoms with E-state index in [0.29, 0.717) is 0 Å². The van der Waals surface area contributed by atoms with Crippen LogP contribution in [0.25, 0.3) is 0 Å². The third kappa shape index (κ3) is 2.56. The Morgan fingerprint density at radius 1 is 1.21 bits per heavy atom. The van der Waals surface area contributed by atoms with E-state index in [4.69, 9.17) is 0 Å². The highest BCUT2D eigenvalue weighted by Crippen LogP contribution is 2.15. The summed E-state index contributed by atoms with van der Waals surface area (Å²) in [6.45, 7) is 0.882. The normalized spacial score (nSPS) is 10.3. The number of hydrogen-bond acceptors (Lipinski definition) is 4. The summed E-state index contributed by atoms with van der Waals surface area (Å²) in [5.41, 5.74) is 0. The van der Waals surface area contributed by atoms with Crippen molar-refractivity contribution < 1.29 is 0 Å². The van der Waals surface area contributed by atoms with Crippen LogP contribution in [0.1, 0.15) is 0 Å². The van der Waals surface area contributed by atoms with E-state index in [0.717, 1.165) is 12.3 Å². The van der Waals surface area contributed by atoms with E-state index in [1.165, 1.54) is 4.90 Å². The highest BCUT2D eigenvalue weighted by Gasteiger charge is 1.94. The van der Waals surface area contributed by atoms with Crippen LogP contribution < -0.4 is 0 Å². The fraction of sp³-hybridized carbons (Fsp3) is 0.222. The molecule has 2 aromatic rings. The molecular weight excluding hydrogens is 196 g/mol. The van der Waals surface area contributed by atoms with Gasteiger partial charge in [-0.2, -0.15) is 5.10 Å². The van der Waals surface area contributed by atoms with Crippen LogP contribution >= 0.6 is 11.8 Å². The highest BCUT2D eigenvalue weighted by molar-refractivity contribution is 7.99. The van der Waals surface area contributed by atoms with Gasteiger partial charge >= 0.3 is 0 Å². The van der Waals surface area contributed by atoms with Crippen molar-refractivity contribution in [3.05, 3.63) is 37.2 Å². The first-order valence-corrected chi connectivity index (χ1v) is 5.29. The SMILES string of the molecule is c1cc(SCCn2cncn2)ccn1. The van der Waals surface area contributed by atoms with Crippen molar-refractivity contribution in [2.45, 2.75) is 11.4 Å². The Morgan fingerprint density at radius 2 is 2.07 bits per heavy atom. The Labute approximate surface area is 86.4 Å². The van der Waals surface area contributed by atoms with E-state index in [-0.39, 0.29) is 0 Å². The summed E-state index contributed by atoms with van der Waals surface area (Å²) in [6, 6.07) is 4.01. The second kappa shape index (κ2) is 4.76. The van der Waals surface area contributed by atoms with Gasteiger partial charge < -0.3 is 0 Å². The maximum absolute atomic E-state index is 4.03. The van der Waals surface area contributed by atoms with E-state index in [1.807, 2.05) is 16.8 Å². The van der Waals surface area contributed by atoms with Crippen LogP contribution in [0.4, 0.5) is 0 Å². The molecule has 0 aliphatic rings. The molecule has 2 aromatic heterocycles. The van der Waals surface area contributed by atoms with Gasteiger partial charge in [-0.3, -0.25) is 9.67 Å². The Hall–Kier alpha value is -1.36. The number of hydrogen-bond donors (Lipinski definition) is 0. The highest BCUT2D eigenvalue weighted by atomic mass is 32.2. The number of nitrogens with zero attached hydrogens (tertiary/aromatic N) is 4. The summed E-state index contributed by atoms with van der Waals surface area (Å²) >= 11 is 1.79. The van der Waals surface area contributed by atoms with Gasteiger partial charge in [-0.05, 0) is 12.1 Å².